The molecule has 2 atom stereocenters. The standard InChI is InChI=1S/C15H24N2O3S/c1-15(2,3)12(16)9-13(18)17-10(8-14(19)20-4)11-6-5-7-21-11/h5-7,10,12H,8-9,16H2,1-4H3,(H,17,18). The molecule has 1 rings (SSSR count). The Morgan fingerprint density at radius 3 is 2.52 bits per heavy atom. The number of esters is 1. The second-order valence-electron chi connectivity index (χ2n) is 6.09. The second-order valence-corrected chi connectivity index (χ2v) is 7.07. The van der Waals surface area contributed by atoms with Crippen molar-refractivity contribution in [3.8, 4) is 0 Å². The summed E-state index contributed by atoms with van der Waals surface area (Å²) in [5, 5.41) is 4.79. The summed E-state index contributed by atoms with van der Waals surface area (Å²) in [5.74, 6) is -0.506. The lowest BCUT2D eigenvalue weighted by atomic mass is 9.85. The van der Waals surface area contributed by atoms with Crippen LogP contribution in [0.4, 0.5) is 0 Å². The molecule has 118 valence electrons. The highest BCUT2D eigenvalue weighted by atomic mass is 32.1. The summed E-state index contributed by atoms with van der Waals surface area (Å²) in [6.07, 6.45) is 0.347. The Balaban J connectivity index is 2.69. The van der Waals surface area contributed by atoms with Gasteiger partial charge in [0, 0.05) is 17.3 Å². The van der Waals surface area contributed by atoms with Crippen molar-refractivity contribution < 1.29 is 14.3 Å². The first kappa shape index (κ1) is 17.7. The lowest BCUT2D eigenvalue weighted by Gasteiger charge is -2.27. The van der Waals surface area contributed by atoms with Crippen molar-refractivity contribution in [2.24, 2.45) is 11.1 Å². The van der Waals surface area contributed by atoms with Crippen LogP contribution in [0.3, 0.4) is 0 Å². The highest BCUT2D eigenvalue weighted by Crippen LogP contribution is 2.24. The Morgan fingerprint density at radius 1 is 1.38 bits per heavy atom. The topological polar surface area (TPSA) is 81.4 Å². The van der Waals surface area contributed by atoms with E-state index in [1.165, 1.54) is 18.4 Å². The number of carbonyl (C=O) groups excluding carboxylic acids is 2. The van der Waals surface area contributed by atoms with Crippen LogP contribution in [-0.2, 0) is 14.3 Å². The zero-order chi connectivity index (χ0) is 16.0. The molecule has 0 spiro atoms. The van der Waals surface area contributed by atoms with E-state index in [0.29, 0.717) is 0 Å². The fourth-order valence-electron chi connectivity index (χ4n) is 1.72. The molecule has 6 heteroatoms. The van der Waals surface area contributed by atoms with Crippen LogP contribution in [0.2, 0.25) is 0 Å². The molecule has 0 radical (unpaired) electrons. The summed E-state index contributed by atoms with van der Waals surface area (Å²) in [6, 6.07) is 3.18. The number of hydrogen-bond acceptors (Lipinski definition) is 5. The van der Waals surface area contributed by atoms with Crippen LogP contribution in [-0.4, -0.2) is 25.0 Å². The Kier molecular flexibility index (Phi) is 6.36. The van der Waals surface area contributed by atoms with Gasteiger partial charge >= 0.3 is 5.97 Å². The monoisotopic (exact) mass is 312 g/mol. The van der Waals surface area contributed by atoms with Crippen molar-refractivity contribution >= 4 is 23.2 Å². The van der Waals surface area contributed by atoms with E-state index in [-0.39, 0.29) is 42.2 Å². The molecule has 0 bridgehead atoms. The summed E-state index contributed by atoms with van der Waals surface area (Å²) in [5.41, 5.74) is 5.88. The van der Waals surface area contributed by atoms with Crippen LogP contribution >= 0.6 is 11.3 Å². The smallest absolute Gasteiger partial charge is 0.307 e. The minimum Gasteiger partial charge on any atom is -0.469 e. The van der Waals surface area contributed by atoms with Crippen LogP contribution < -0.4 is 11.1 Å². The molecule has 0 aliphatic rings. The number of nitrogens with one attached hydrogen (secondary N) is 1. The molecule has 1 amide bonds. The van der Waals surface area contributed by atoms with E-state index in [2.05, 4.69) is 10.1 Å². The number of rotatable bonds is 6. The third-order valence-corrected chi connectivity index (χ3v) is 4.32. The summed E-state index contributed by atoms with van der Waals surface area (Å²) in [6.45, 7) is 5.99. The third-order valence-electron chi connectivity index (χ3n) is 3.34. The van der Waals surface area contributed by atoms with Crippen molar-refractivity contribution in [3.63, 3.8) is 0 Å². The van der Waals surface area contributed by atoms with Gasteiger partial charge in [-0.05, 0) is 16.9 Å². The summed E-state index contributed by atoms with van der Waals surface area (Å²) >= 11 is 1.50. The number of nitrogens with two attached hydrogens (primary N) is 1. The first-order valence-electron chi connectivity index (χ1n) is 6.89. The first-order valence-corrected chi connectivity index (χ1v) is 7.77. The second kappa shape index (κ2) is 7.56. The van der Waals surface area contributed by atoms with Crippen LogP contribution in [0.15, 0.2) is 17.5 Å². The van der Waals surface area contributed by atoms with E-state index in [9.17, 15) is 9.59 Å². The van der Waals surface area contributed by atoms with Crippen molar-refractivity contribution in [1.82, 2.24) is 5.32 Å². The lowest BCUT2D eigenvalue weighted by Crippen LogP contribution is -2.41. The van der Waals surface area contributed by atoms with E-state index in [1.54, 1.807) is 0 Å². The number of carbonyl (C=O) groups is 2. The highest BCUT2D eigenvalue weighted by molar-refractivity contribution is 7.10. The van der Waals surface area contributed by atoms with Crippen molar-refractivity contribution in [2.75, 3.05) is 7.11 Å². The van der Waals surface area contributed by atoms with E-state index < -0.39 is 0 Å². The number of hydrogen-bond donors (Lipinski definition) is 2. The van der Waals surface area contributed by atoms with Crippen molar-refractivity contribution in [3.05, 3.63) is 22.4 Å². The third kappa shape index (κ3) is 5.85. The average Bonchev–Trinajstić information content (AvgIpc) is 2.90. The van der Waals surface area contributed by atoms with Gasteiger partial charge in [0.25, 0.3) is 0 Å². The van der Waals surface area contributed by atoms with Gasteiger partial charge in [0.2, 0.25) is 5.91 Å². The van der Waals surface area contributed by atoms with Gasteiger partial charge < -0.3 is 15.8 Å². The maximum atomic E-state index is 12.1. The van der Waals surface area contributed by atoms with Gasteiger partial charge in [-0.3, -0.25) is 9.59 Å². The molecule has 1 aromatic heterocycles. The molecule has 2 unspecified atom stereocenters. The normalized spacial score (nSPS) is 14.3. The molecule has 0 aromatic carbocycles. The van der Waals surface area contributed by atoms with Gasteiger partial charge in [-0.15, -0.1) is 11.3 Å². The Labute approximate surface area is 129 Å². The molecule has 0 fully saturated rings. The molecule has 0 saturated heterocycles. The predicted molar refractivity (Wildman–Crippen MR) is 83.9 cm³/mol. The molecule has 21 heavy (non-hydrogen) atoms. The van der Waals surface area contributed by atoms with Gasteiger partial charge in [-0.1, -0.05) is 26.8 Å². The number of amides is 1. The minimum atomic E-state index is -0.364. The summed E-state index contributed by atoms with van der Waals surface area (Å²) < 4.78 is 4.69. The number of ether oxygens (including phenoxy) is 1. The minimum absolute atomic E-state index is 0.119. The Bertz CT molecular complexity index is 466. The largest absolute Gasteiger partial charge is 0.469 e. The zero-order valence-corrected chi connectivity index (χ0v) is 13.8. The summed E-state index contributed by atoms with van der Waals surface area (Å²) in [7, 11) is 1.34. The SMILES string of the molecule is COC(=O)CC(NC(=O)CC(N)C(C)(C)C)c1cccs1. The van der Waals surface area contributed by atoms with E-state index in [0.717, 1.165) is 4.88 Å². The molecular formula is C15H24N2O3S. The molecule has 0 aliphatic carbocycles. The number of methoxy groups -OCH3 is 1. The highest BCUT2D eigenvalue weighted by Gasteiger charge is 2.25. The molecule has 1 heterocycles. The van der Waals surface area contributed by atoms with Crippen LogP contribution in [0.25, 0.3) is 0 Å². The fourth-order valence-corrected chi connectivity index (χ4v) is 2.50. The van der Waals surface area contributed by atoms with Gasteiger partial charge in [-0.25, -0.2) is 0 Å². The fraction of sp³-hybridized carbons (Fsp3) is 0.600. The molecule has 1 aromatic rings. The first-order chi connectivity index (χ1) is 9.74. The van der Waals surface area contributed by atoms with Gasteiger partial charge in [0.05, 0.1) is 19.6 Å². The van der Waals surface area contributed by atoms with Gasteiger partial charge in [0.1, 0.15) is 0 Å². The maximum Gasteiger partial charge on any atom is 0.307 e. The molecule has 0 saturated carbocycles. The van der Waals surface area contributed by atoms with Gasteiger partial charge in [0.15, 0.2) is 0 Å². The van der Waals surface area contributed by atoms with Crippen LogP contribution in [0.5, 0.6) is 0 Å². The summed E-state index contributed by atoms with van der Waals surface area (Å²) in [4.78, 5) is 24.6. The van der Waals surface area contributed by atoms with Crippen molar-refractivity contribution in [1.29, 1.82) is 0 Å². The zero-order valence-electron chi connectivity index (χ0n) is 13.0. The van der Waals surface area contributed by atoms with E-state index in [1.807, 2.05) is 38.3 Å². The van der Waals surface area contributed by atoms with E-state index in [4.69, 9.17) is 5.73 Å². The number of thiophene rings is 1. The van der Waals surface area contributed by atoms with Gasteiger partial charge in [-0.2, -0.15) is 0 Å². The Hall–Kier alpha value is -1.40. The Morgan fingerprint density at radius 2 is 2.05 bits per heavy atom. The van der Waals surface area contributed by atoms with Crippen LogP contribution in [0, 0.1) is 5.41 Å². The quantitative estimate of drug-likeness (QED) is 0.789. The molecule has 3 N–H and O–H groups in total. The molecular weight excluding hydrogens is 288 g/mol. The lowest BCUT2D eigenvalue weighted by molar-refractivity contribution is -0.141. The maximum absolute atomic E-state index is 12.1. The molecule has 0 aliphatic heterocycles. The molecule has 5 nitrogen and oxygen atoms in total. The predicted octanol–water partition coefficient (Wildman–Crippen LogP) is 2.23. The van der Waals surface area contributed by atoms with Crippen LogP contribution in [0.1, 0.15) is 44.5 Å². The van der Waals surface area contributed by atoms with E-state index >= 15 is 0 Å². The average molecular weight is 312 g/mol. The van der Waals surface area contributed by atoms with Crippen molar-refractivity contribution in [2.45, 2.75) is 45.7 Å².